The topological polar surface area (TPSA) is 98.0 Å². The molecule has 0 fully saturated rings. The monoisotopic (exact) mass is 565 g/mol. The molecular formula is C29H26F3N5O2S. The zero-order chi connectivity index (χ0) is 28.4. The van der Waals surface area contributed by atoms with Gasteiger partial charge in [0.25, 0.3) is 0 Å². The van der Waals surface area contributed by atoms with Crippen LogP contribution in [-0.4, -0.2) is 33.0 Å². The minimum atomic E-state index is -1.07. The fraction of sp³-hybridized carbons (Fsp3) is 0.172. The van der Waals surface area contributed by atoms with Gasteiger partial charge in [0.05, 0.1) is 29.8 Å². The SMILES string of the molecule is Cc1cc2cc(C(=O)c3cnn(-c4ccc(Oc5cccc(F)c5F)cc4C)c3N)[nH]c2cc1NSCCCF. The molecule has 0 aliphatic heterocycles. The minimum Gasteiger partial charge on any atom is -0.454 e. The number of carbonyl (C=O) groups excluding carboxylic acids is 1. The van der Waals surface area contributed by atoms with Crippen molar-refractivity contribution in [1.82, 2.24) is 14.8 Å². The maximum atomic E-state index is 14.0. The summed E-state index contributed by atoms with van der Waals surface area (Å²) in [5, 5.41) is 5.20. The molecule has 3 aromatic carbocycles. The molecule has 0 spiro atoms. The third-order valence-corrected chi connectivity index (χ3v) is 7.22. The first kappa shape index (κ1) is 27.2. The number of nitrogens with two attached hydrogens (primary N) is 1. The molecule has 0 amide bonds. The number of aromatic nitrogens is 3. The van der Waals surface area contributed by atoms with E-state index in [0.29, 0.717) is 34.9 Å². The summed E-state index contributed by atoms with van der Waals surface area (Å²) in [6, 6.07) is 14.3. The van der Waals surface area contributed by atoms with Crippen LogP contribution in [0.3, 0.4) is 0 Å². The van der Waals surface area contributed by atoms with Gasteiger partial charge >= 0.3 is 0 Å². The van der Waals surface area contributed by atoms with Crippen LogP contribution in [0.25, 0.3) is 16.6 Å². The van der Waals surface area contributed by atoms with E-state index in [1.807, 2.05) is 19.1 Å². The van der Waals surface area contributed by atoms with Crippen LogP contribution in [0.15, 0.2) is 60.8 Å². The molecule has 2 aromatic heterocycles. The van der Waals surface area contributed by atoms with E-state index in [2.05, 4.69) is 14.8 Å². The number of rotatable bonds is 10. The number of nitrogen functional groups attached to an aromatic ring is 1. The summed E-state index contributed by atoms with van der Waals surface area (Å²) < 4.78 is 50.1. The highest BCUT2D eigenvalue weighted by atomic mass is 32.2. The molecule has 40 heavy (non-hydrogen) atoms. The number of carbonyl (C=O) groups is 1. The maximum Gasteiger partial charge on any atom is 0.214 e. The quantitative estimate of drug-likeness (QED) is 0.0936. The van der Waals surface area contributed by atoms with E-state index in [1.165, 1.54) is 35.0 Å². The molecule has 0 bridgehead atoms. The normalized spacial score (nSPS) is 11.2. The summed E-state index contributed by atoms with van der Waals surface area (Å²) >= 11 is 1.43. The molecule has 0 saturated heterocycles. The smallest absolute Gasteiger partial charge is 0.214 e. The van der Waals surface area contributed by atoms with Gasteiger partial charge in [-0.15, -0.1) is 0 Å². The lowest BCUT2D eigenvalue weighted by atomic mass is 10.1. The lowest BCUT2D eigenvalue weighted by molar-refractivity contribution is 0.103. The molecule has 206 valence electrons. The minimum absolute atomic E-state index is 0.152. The maximum absolute atomic E-state index is 14.0. The second-order valence-electron chi connectivity index (χ2n) is 9.22. The van der Waals surface area contributed by atoms with Gasteiger partial charge in [0.2, 0.25) is 11.6 Å². The number of alkyl halides is 1. The van der Waals surface area contributed by atoms with Crippen molar-refractivity contribution < 1.29 is 22.7 Å². The summed E-state index contributed by atoms with van der Waals surface area (Å²) in [4.78, 5) is 16.6. The van der Waals surface area contributed by atoms with Gasteiger partial charge in [-0.25, -0.2) is 9.07 Å². The van der Waals surface area contributed by atoms with Gasteiger partial charge in [0.15, 0.2) is 11.6 Å². The molecule has 0 unspecified atom stereocenters. The molecular weight excluding hydrogens is 539 g/mol. The highest BCUT2D eigenvalue weighted by molar-refractivity contribution is 8.00. The fourth-order valence-corrected chi connectivity index (χ4v) is 5.00. The summed E-state index contributed by atoms with van der Waals surface area (Å²) in [5.74, 6) is -1.52. The van der Waals surface area contributed by atoms with Crippen LogP contribution in [0.1, 0.15) is 33.6 Å². The number of nitrogens with one attached hydrogen (secondary N) is 2. The summed E-state index contributed by atoms with van der Waals surface area (Å²) in [5.41, 5.74) is 10.9. The van der Waals surface area contributed by atoms with Crippen molar-refractivity contribution in [2.24, 2.45) is 0 Å². The molecule has 0 aliphatic carbocycles. The van der Waals surface area contributed by atoms with Crippen molar-refractivity contribution in [2.45, 2.75) is 20.3 Å². The van der Waals surface area contributed by atoms with Gasteiger partial charge in [0.1, 0.15) is 11.6 Å². The Labute approximate surface area is 232 Å². The van der Waals surface area contributed by atoms with Crippen molar-refractivity contribution in [2.75, 3.05) is 22.9 Å². The Balaban J connectivity index is 1.37. The van der Waals surface area contributed by atoms with Crippen molar-refractivity contribution >= 4 is 40.1 Å². The summed E-state index contributed by atoms with van der Waals surface area (Å²) in [6.07, 6.45) is 1.89. The van der Waals surface area contributed by atoms with Gasteiger partial charge < -0.3 is 20.2 Å². The third kappa shape index (κ3) is 5.37. The van der Waals surface area contributed by atoms with E-state index in [0.717, 1.165) is 28.2 Å². The lowest BCUT2D eigenvalue weighted by Gasteiger charge is -2.12. The van der Waals surface area contributed by atoms with E-state index in [1.54, 1.807) is 31.2 Å². The number of fused-ring (bicyclic) bond motifs is 1. The number of hydrogen-bond donors (Lipinski definition) is 3. The van der Waals surface area contributed by atoms with E-state index in [9.17, 15) is 18.0 Å². The molecule has 7 nitrogen and oxygen atoms in total. The van der Waals surface area contributed by atoms with Crippen molar-refractivity contribution in [3.63, 3.8) is 0 Å². The van der Waals surface area contributed by atoms with Crippen LogP contribution in [0, 0.1) is 25.5 Å². The molecule has 0 saturated carbocycles. The van der Waals surface area contributed by atoms with E-state index in [4.69, 9.17) is 10.5 Å². The molecule has 2 heterocycles. The van der Waals surface area contributed by atoms with Crippen molar-refractivity contribution in [3.8, 4) is 17.2 Å². The second-order valence-corrected chi connectivity index (χ2v) is 10.1. The van der Waals surface area contributed by atoms with Crippen LogP contribution in [0.2, 0.25) is 0 Å². The Morgan fingerprint density at radius 2 is 1.95 bits per heavy atom. The number of aromatic amines is 1. The van der Waals surface area contributed by atoms with Crippen LogP contribution >= 0.6 is 11.9 Å². The number of anilines is 2. The van der Waals surface area contributed by atoms with Crippen molar-refractivity contribution in [3.05, 3.63) is 94.8 Å². The average Bonchev–Trinajstić information content (AvgIpc) is 3.52. The van der Waals surface area contributed by atoms with E-state index >= 15 is 0 Å². The standard InChI is InChI=1S/C29H26F3N5O2S/c1-16-11-18-13-24(35-23(18)14-22(16)36-40-10-4-9-30)28(38)20-15-34-37(29(20)33)25-8-7-19(12-17(25)2)39-26-6-3-5-21(31)27(26)32/h3,5-8,11-15,35-36H,4,9-10,33H2,1-2H3. The van der Waals surface area contributed by atoms with Crippen LogP contribution in [0.5, 0.6) is 11.5 Å². The Bertz CT molecular complexity index is 1720. The fourth-order valence-electron chi connectivity index (χ4n) is 4.27. The Kier molecular flexibility index (Phi) is 7.74. The number of ketones is 1. The highest BCUT2D eigenvalue weighted by Crippen LogP contribution is 2.31. The molecule has 4 N–H and O–H groups in total. The largest absolute Gasteiger partial charge is 0.454 e. The number of hydrogen-bond acceptors (Lipinski definition) is 6. The van der Waals surface area contributed by atoms with E-state index in [-0.39, 0.29) is 29.6 Å². The predicted molar refractivity (Wildman–Crippen MR) is 152 cm³/mol. The second kappa shape index (κ2) is 11.4. The van der Waals surface area contributed by atoms with Gasteiger partial charge in [0, 0.05) is 22.3 Å². The molecule has 5 rings (SSSR count). The van der Waals surface area contributed by atoms with Gasteiger partial charge in [-0.1, -0.05) is 18.0 Å². The molecule has 0 aliphatic rings. The first-order valence-corrected chi connectivity index (χ1v) is 13.4. The number of H-pyrrole nitrogens is 1. The number of nitrogens with zero attached hydrogens (tertiary/aromatic N) is 2. The van der Waals surface area contributed by atoms with Crippen LogP contribution in [0.4, 0.5) is 24.7 Å². The summed E-state index contributed by atoms with van der Waals surface area (Å²) in [6.45, 7) is 3.39. The zero-order valence-electron chi connectivity index (χ0n) is 21.7. The van der Waals surface area contributed by atoms with Crippen LogP contribution < -0.4 is 15.2 Å². The van der Waals surface area contributed by atoms with Gasteiger partial charge in [-0.05, 0) is 79.9 Å². The molecule has 0 atom stereocenters. The highest BCUT2D eigenvalue weighted by Gasteiger charge is 2.21. The number of benzene rings is 3. The Morgan fingerprint density at radius 3 is 2.73 bits per heavy atom. The lowest BCUT2D eigenvalue weighted by Crippen LogP contribution is -2.08. The predicted octanol–water partition coefficient (Wildman–Crippen LogP) is 7.27. The Hall–Kier alpha value is -4.38. The molecule has 0 radical (unpaired) electrons. The van der Waals surface area contributed by atoms with Crippen molar-refractivity contribution in [1.29, 1.82) is 0 Å². The average molecular weight is 566 g/mol. The number of aryl methyl sites for hydroxylation is 2. The van der Waals surface area contributed by atoms with Gasteiger partial charge in [-0.2, -0.15) is 9.49 Å². The van der Waals surface area contributed by atoms with Gasteiger partial charge in [-0.3, -0.25) is 9.18 Å². The molecule has 5 aromatic rings. The molecule has 11 heteroatoms. The van der Waals surface area contributed by atoms with E-state index < -0.39 is 11.6 Å². The van der Waals surface area contributed by atoms with Crippen LogP contribution in [-0.2, 0) is 0 Å². The first-order chi connectivity index (χ1) is 19.3. The Morgan fingerprint density at radius 1 is 1.12 bits per heavy atom. The first-order valence-electron chi connectivity index (χ1n) is 12.4. The zero-order valence-corrected chi connectivity index (χ0v) is 22.5. The third-order valence-electron chi connectivity index (χ3n) is 6.36. The summed E-state index contributed by atoms with van der Waals surface area (Å²) in [7, 11) is 0. The number of halogens is 3. The number of ether oxygens (including phenoxy) is 1.